The second-order valence-corrected chi connectivity index (χ2v) is 7.32. The van der Waals surface area contributed by atoms with E-state index >= 15 is 0 Å². The summed E-state index contributed by atoms with van der Waals surface area (Å²) in [6.07, 6.45) is 3.23. The zero-order valence-electron chi connectivity index (χ0n) is 11.7. The molecule has 1 fully saturated rings. The molecule has 1 aromatic carbocycles. The fourth-order valence-corrected chi connectivity index (χ4v) is 4.26. The molecule has 5 nitrogen and oxygen atoms in total. The molecule has 0 amide bonds. The fraction of sp³-hybridized carbons (Fsp3) is 0.188. The van der Waals surface area contributed by atoms with Crippen molar-refractivity contribution >= 4 is 21.1 Å². The normalized spacial score (nSPS) is 15.3. The Morgan fingerprint density at radius 3 is 2.55 bits per heavy atom. The number of rotatable bonds is 3. The maximum Gasteiger partial charge on any atom is 0.269 e. The standard InChI is InChI=1S/C16H14N2O3S/c19-13-8-12-9-15(11-6-7-11)18(16(12)17-10-13)22(20,21)14-4-2-1-3-5-14/h1-5,8-11,19H,6-7H2. The highest BCUT2D eigenvalue weighted by atomic mass is 32.2. The van der Waals surface area contributed by atoms with Crippen LogP contribution in [0.1, 0.15) is 24.5 Å². The lowest BCUT2D eigenvalue weighted by atomic mass is 10.2. The third-order valence-electron chi connectivity index (χ3n) is 3.89. The van der Waals surface area contributed by atoms with Crippen molar-refractivity contribution in [2.45, 2.75) is 23.7 Å². The Labute approximate surface area is 127 Å². The summed E-state index contributed by atoms with van der Waals surface area (Å²) in [5, 5.41) is 10.2. The summed E-state index contributed by atoms with van der Waals surface area (Å²) in [5.74, 6) is 0.277. The van der Waals surface area contributed by atoms with Gasteiger partial charge in [-0.25, -0.2) is 17.4 Å². The molecule has 0 atom stereocenters. The molecule has 0 bridgehead atoms. The van der Waals surface area contributed by atoms with Gasteiger partial charge in [0.05, 0.1) is 11.1 Å². The molecule has 0 saturated heterocycles. The van der Waals surface area contributed by atoms with E-state index < -0.39 is 10.0 Å². The number of pyridine rings is 1. The van der Waals surface area contributed by atoms with Crippen molar-refractivity contribution in [1.82, 2.24) is 8.96 Å². The van der Waals surface area contributed by atoms with Crippen LogP contribution in [-0.2, 0) is 10.0 Å². The van der Waals surface area contributed by atoms with Gasteiger partial charge in [-0.05, 0) is 37.1 Å². The van der Waals surface area contributed by atoms with Gasteiger partial charge in [-0.15, -0.1) is 0 Å². The molecule has 1 saturated carbocycles. The molecule has 6 heteroatoms. The molecule has 1 aliphatic carbocycles. The van der Waals surface area contributed by atoms with Gasteiger partial charge in [0.25, 0.3) is 10.0 Å². The molecule has 0 spiro atoms. The number of fused-ring (bicyclic) bond motifs is 1. The Hall–Kier alpha value is -2.34. The maximum absolute atomic E-state index is 13.0. The van der Waals surface area contributed by atoms with Crippen LogP contribution >= 0.6 is 0 Å². The summed E-state index contributed by atoms with van der Waals surface area (Å²) in [5.41, 5.74) is 1.11. The molecule has 1 aliphatic rings. The van der Waals surface area contributed by atoms with E-state index in [0.29, 0.717) is 11.0 Å². The lowest BCUT2D eigenvalue weighted by molar-refractivity contribution is 0.474. The minimum absolute atomic E-state index is 0.0316. The molecular formula is C16H14N2O3S. The molecule has 0 unspecified atom stereocenters. The third-order valence-corrected chi connectivity index (χ3v) is 5.62. The summed E-state index contributed by atoms with van der Waals surface area (Å²) in [7, 11) is -3.70. The highest BCUT2D eigenvalue weighted by Crippen LogP contribution is 2.43. The van der Waals surface area contributed by atoms with E-state index in [4.69, 9.17) is 0 Å². The van der Waals surface area contributed by atoms with E-state index in [-0.39, 0.29) is 16.6 Å². The Morgan fingerprint density at radius 1 is 1.14 bits per heavy atom. The van der Waals surface area contributed by atoms with E-state index in [9.17, 15) is 13.5 Å². The van der Waals surface area contributed by atoms with Crippen molar-refractivity contribution in [2.24, 2.45) is 0 Å². The first-order valence-electron chi connectivity index (χ1n) is 7.08. The van der Waals surface area contributed by atoms with Crippen LogP contribution in [0.15, 0.2) is 53.6 Å². The quantitative estimate of drug-likeness (QED) is 0.807. The molecule has 0 aliphatic heterocycles. The van der Waals surface area contributed by atoms with Crippen LogP contribution in [0, 0.1) is 0 Å². The first-order valence-corrected chi connectivity index (χ1v) is 8.52. The van der Waals surface area contributed by atoms with Gasteiger partial charge in [-0.2, -0.15) is 0 Å². The second-order valence-electron chi connectivity index (χ2n) is 5.53. The van der Waals surface area contributed by atoms with Crippen LogP contribution in [0.4, 0.5) is 0 Å². The van der Waals surface area contributed by atoms with Gasteiger partial charge < -0.3 is 5.11 Å². The van der Waals surface area contributed by atoms with Crippen LogP contribution < -0.4 is 0 Å². The maximum atomic E-state index is 13.0. The number of aromatic hydroxyl groups is 1. The van der Waals surface area contributed by atoms with Gasteiger partial charge in [0, 0.05) is 17.0 Å². The molecule has 3 aromatic rings. The summed E-state index contributed by atoms with van der Waals surface area (Å²) in [6, 6.07) is 11.7. The highest BCUT2D eigenvalue weighted by molar-refractivity contribution is 7.90. The zero-order valence-corrected chi connectivity index (χ0v) is 12.5. The molecule has 2 aromatic heterocycles. The highest BCUT2D eigenvalue weighted by Gasteiger charge is 2.33. The van der Waals surface area contributed by atoms with E-state index in [0.717, 1.165) is 18.5 Å². The molecule has 1 N–H and O–H groups in total. The SMILES string of the molecule is O=S(=O)(c1ccccc1)n1c(C2CC2)cc2cc(O)cnc21. The Morgan fingerprint density at radius 2 is 1.86 bits per heavy atom. The average Bonchev–Trinajstić information content (AvgIpc) is 3.28. The van der Waals surface area contributed by atoms with Crippen molar-refractivity contribution in [3.63, 3.8) is 0 Å². The van der Waals surface area contributed by atoms with Gasteiger partial charge in [0.1, 0.15) is 5.75 Å². The van der Waals surface area contributed by atoms with Crippen molar-refractivity contribution < 1.29 is 13.5 Å². The third kappa shape index (κ3) is 1.99. The lowest BCUT2D eigenvalue weighted by Gasteiger charge is -2.10. The number of hydrogen-bond donors (Lipinski definition) is 1. The van der Waals surface area contributed by atoms with E-state index in [1.54, 1.807) is 36.4 Å². The van der Waals surface area contributed by atoms with E-state index in [1.807, 2.05) is 6.07 Å². The lowest BCUT2D eigenvalue weighted by Crippen LogP contribution is -2.15. The second kappa shape index (κ2) is 4.58. The zero-order chi connectivity index (χ0) is 15.3. The topological polar surface area (TPSA) is 72.2 Å². The summed E-state index contributed by atoms with van der Waals surface area (Å²) in [6.45, 7) is 0. The minimum atomic E-state index is -3.70. The van der Waals surface area contributed by atoms with Crippen LogP contribution in [0.25, 0.3) is 11.0 Å². The van der Waals surface area contributed by atoms with Crippen molar-refractivity contribution in [3.05, 3.63) is 54.4 Å². The predicted molar refractivity (Wildman–Crippen MR) is 82.4 cm³/mol. The summed E-state index contributed by atoms with van der Waals surface area (Å²) < 4.78 is 27.3. The van der Waals surface area contributed by atoms with Gasteiger partial charge >= 0.3 is 0 Å². The summed E-state index contributed by atoms with van der Waals surface area (Å²) in [4.78, 5) is 4.38. The van der Waals surface area contributed by atoms with Crippen molar-refractivity contribution in [2.75, 3.05) is 0 Å². The van der Waals surface area contributed by atoms with Crippen LogP contribution in [0.3, 0.4) is 0 Å². The fourth-order valence-electron chi connectivity index (χ4n) is 2.69. The Bertz CT molecular complexity index is 958. The smallest absolute Gasteiger partial charge is 0.269 e. The van der Waals surface area contributed by atoms with Gasteiger partial charge in [0.15, 0.2) is 5.65 Å². The largest absolute Gasteiger partial charge is 0.506 e. The van der Waals surface area contributed by atoms with Crippen molar-refractivity contribution in [1.29, 1.82) is 0 Å². The summed E-state index contributed by atoms with van der Waals surface area (Å²) >= 11 is 0. The molecule has 22 heavy (non-hydrogen) atoms. The van der Waals surface area contributed by atoms with Crippen LogP contribution in [0.2, 0.25) is 0 Å². The van der Waals surface area contributed by atoms with Gasteiger partial charge in [-0.1, -0.05) is 18.2 Å². The van der Waals surface area contributed by atoms with Gasteiger partial charge in [0.2, 0.25) is 0 Å². The van der Waals surface area contributed by atoms with Crippen LogP contribution in [0.5, 0.6) is 5.75 Å². The Kier molecular flexibility index (Phi) is 2.77. The predicted octanol–water partition coefficient (Wildman–Crippen LogP) is 2.86. The minimum Gasteiger partial charge on any atom is -0.506 e. The molecule has 4 rings (SSSR count). The number of benzene rings is 1. The number of nitrogens with zero attached hydrogens (tertiary/aromatic N) is 2. The van der Waals surface area contributed by atoms with E-state index in [2.05, 4.69) is 4.98 Å². The monoisotopic (exact) mass is 314 g/mol. The average molecular weight is 314 g/mol. The molecule has 0 radical (unpaired) electrons. The first-order chi connectivity index (χ1) is 10.6. The Balaban J connectivity index is 2.03. The van der Waals surface area contributed by atoms with Crippen LogP contribution in [-0.4, -0.2) is 22.5 Å². The first kappa shape index (κ1) is 13.3. The molecular weight excluding hydrogens is 300 g/mol. The number of aromatic nitrogens is 2. The van der Waals surface area contributed by atoms with Gasteiger partial charge in [-0.3, -0.25) is 0 Å². The number of hydrogen-bond acceptors (Lipinski definition) is 4. The molecule has 112 valence electrons. The molecule has 2 heterocycles. The van der Waals surface area contributed by atoms with Crippen molar-refractivity contribution in [3.8, 4) is 5.75 Å². The van der Waals surface area contributed by atoms with E-state index in [1.165, 1.54) is 10.2 Å².